The lowest BCUT2D eigenvalue weighted by atomic mass is 9.73. The Kier molecular flexibility index (Phi) is 3.46. The van der Waals surface area contributed by atoms with E-state index in [1.54, 1.807) is 5.56 Å². The van der Waals surface area contributed by atoms with Gasteiger partial charge >= 0.3 is 0 Å². The molecule has 0 bridgehead atoms. The van der Waals surface area contributed by atoms with Gasteiger partial charge in [-0.15, -0.1) is 11.8 Å². The molecular formula is C13H17BrS. The molecule has 0 nitrogen and oxygen atoms in total. The molecule has 2 heteroatoms. The quantitative estimate of drug-likeness (QED) is 0.736. The minimum Gasteiger partial charge on any atom is -0.126 e. The second-order valence-electron chi connectivity index (χ2n) is 4.23. The second-order valence-corrected chi connectivity index (χ2v) is 6.28. The predicted octanol–water partition coefficient (Wildman–Crippen LogP) is 5.00. The molecule has 0 N–H and O–H groups in total. The topological polar surface area (TPSA) is 0 Å². The molecule has 0 amide bonds. The van der Waals surface area contributed by atoms with Crippen LogP contribution in [0.2, 0.25) is 0 Å². The molecule has 0 radical (unpaired) electrons. The Hall–Kier alpha value is 0.0500. The van der Waals surface area contributed by atoms with E-state index in [2.05, 4.69) is 48.0 Å². The van der Waals surface area contributed by atoms with Crippen molar-refractivity contribution in [2.24, 2.45) is 0 Å². The third-order valence-corrected chi connectivity index (χ3v) is 5.27. The van der Waals surface area contributed by atoms with E-state index in [1.165, 1.54) is 34.4 Å². The van der Waals surface area contributed by atoms with E-state index < -0.39 is 0 Å². The fourth-order valence-electron chi connectivity index (χ4n) is 2.52. The molecule has 0 spiro atoms. The van der Waals surface area contributed by atoms with E-state index in [9.17, 15) is 0 Å². The first-order chi connectivity index (χ1) is 7.22. The molecule has 0 aromatic heterocycles. The zero-order chi connectivity index (χ0) is 10.9. The molecule has 82 valence electrons. The predicted molar refractivity (Wildman–Crippen MR) is 71.7 cm³/mol. The molecule has 1 aromatic rings. The van der Waals surface area contributed by atoms with Crippen LogP contribution in [0.15, 0.2) is 27.6 Å². The van der Waals surface area contributed by atoms with Crippen LogP contribution in [-0.2, 0) is 5.41 Å². The van der Waals surface area contributed by atoms with Crippen molar-refractivity contribution in [1.29, 1.82) is 0 Å². The summed E-state index contributed by atoms with van der Waals surface area (Å²) in [5.41, 5.74) is 2.00. The van der Waals surface area contributed by atoms with E-state index in [4.69, 9.17) is 0 Å². The summed E-state index contributed by atoms with van der Waals surface area (Å²) >= 11 is 5.60. The summed E-state index contributed by atoms with van der Waals surface area (Å²) in [7, 11) is 0. The van der Waals surface area contributed by atoms with Gasteiger partial charge in [-0.3, -0.25) is 0 Å². The third-order valence-electron chi connectivity index (χ3n) is 3.70. The van der Waals surface area contributed by atoms with Crippen LogP contribution in [0, 0.1) is 0 Å². The Labute approximate surface area is 105 Å². The van der Waals surface area contributed by atoms with Gasteiger partial charge in [0.25, 0.3) is 0 Å². The van der Waals surface area contributed by atoms with Gasteiger partial charge in [0.05, 0.1) is 0 Å². The number of halogens is 1. The Morgan fingerprint density at radius 3 is 2.73 bits per heavy atom. The number of hydrogen-bond donors (Lipinski definition) is 0. The molecule has 0 aliphatic carbocycles. The largest absolute Gasteiger partial charge is 0.126 e. The summed E-state index contributed by atoms with van der Waals surface area (Å²) in [6.45, 7) is 4.65. The first kappa shape index (κ1) is 11.5. The van der Waals surface area contributed by atoms with E-state index >= 15 is 0 Å². The van der Waals surface area contributed by atoms with E-state index in [0.29, 0.717) is 5.41 Å². The zero-order valence-corrected chi connectivity index (χ0v) is 11.7. The van der Waals surface area contributed by atoms with Crippen LogP contribution < -0.4 is 0 Å². The van der Waals surface area contributed by atoms with Crippen molar-refractivity contribution in [3.63, 3.8) is 0 Å². The van der Waals surface area contributed by atoms with Gasteiger partial charge in [0.2, 0.25) is 0 Å². The Balaban J connectivity index is 2.53. The average Bonchev–Trinajstić information content (AvgIpc) is 2.28. The summed E-state index contributed by atoms with van der Waals surface area (Å²) in [5, 5.41) is 0. The van der Waals surface area contributed by atoms with Gasteiger partial charge in [-0.05, 0) is 54.2 Å². The molecule has 15 heavy (non-hydrogen) atoms. The monoisotopic (exact) mass is 284 g/mol. The molecule has 0 saturated heterocycles. The highest BCUT2D eigenvalue weighted by molar-refractivity contribution is 9.10. The normalized spacial score (nSPS) is 18.6. The van der Waals surface area contributed by atoms with Gasteiger partial charge < -0.3 is 0 Å². The lowest BCUT2D eigenvalue weighted by molar-refractivity contribution is 0.373. The van der Waals surface area contributed by atoms with Crippen molar-refractivity contribution >= 4 is 27.7 Å². The van der Waals surface area contributed by atoms with Crippen LogP contribution in [0.5, 0.6) is 0 Å². The molecule has 1 aliphatic rings. The molecule has 2 rings (SSSR count). The molecule has 0 saturated carbocycles. The smallest absolute Gasteiger partial charge is 0.0179 e. The number of rotatable bonds is 2. The van der Waals surface area contributed by atoms with Crippen molar-refractivity contribution in [1.82, 2.24) is 0 Å². The van der Waals surface area contributed by atoms with Crippen LogP contribution in [0.25, 0.3) is 0 Å². The number of hydrogen-bond acceptors (Lipinski definition) is 1. The van der Waals surface area contributed by atoms with Crippen molar-refractivity contribution in [3.05, 3.63) is 28.2 Å². The van der Waals surface area contributed by atoms with Crippen LogP contribution in [0.1, 0.15) is 38.7 Å². The number of fused-ring (bicyclic) bond motifs is 1. The van der Waals surface area contributed by atoms with Gasteiger partial charge in [-0.2, -0.15) is 0 Å². The van der Waals surface area contributed by atoms with Crippen LogP contribution in [0.3, 0.4) is 0 Å². The highest BCUT2D eigenvalue weighted by atomic mass is 79.9. The first-order valence-corrected chi connectivity index (χ1v) is 7.42. The Bertz CT molecular complexity index is 356. The van der Waals surface area contributed by atoms with Gasteiger partial charge in [-0.25, -0.2) is 0 Å². The minimum atomic E-state index is 0.435. The van der Waals surface area contributed by atoms with E-state index in [-0.39, 0.29) is 0 Å². The zero-order valence-electron chi connectivity index (χ0n) is 9.35. The van der Waals surface area contributed by atoms with Gasteiger partial charge in [0.1, 0.15) is 0 Å². The molecule has 1 aliphatic heterocycles. The fourth-order valence-corrected chi connectivity index (χ4v) is 4.19. The molecule has 0 unspecified atom stereocenters. The lowest BCUT2D eigenvalue weighted by Crippen LogP contribution is -2.28. The third kappa shape index (κ3) is 1.99. The molecule has 1 heterocycles. The van der Waals surface area contributed by atoms with Gasteiger partial charge in [0, 0.05) is 9.37 Å². The number of benzene rings is 1. The lowest BCUT2D eigenvalue weighted by Gasteiger charge is -2.37. The van der Waals surface area contributed by atoms with Crippen molar-refractivity contribution in [2.75, 3.05) is 5.75 Å². The number of thioether (sulfide) groups is 1. The first-order valence-electron chi connectivity index (χ1n) is 5.64. The van der Waals surface area contributed by atoms with Crippen molar-refractivity contribution in [3.8, 4) is 0 Å². The van der Waals surface area contributed by atoms with Crippen LogP contribution >= 0.6 is 27.7 Å². The van der Waals surface area contributed by atoms with Crippen LogP contribution in [-0.4, -0.2) is 5.75 Å². The minimum absolute atomic E-state index is 0.435. The van der Waals surface area contributed by atoms with Crippen LogP contribution in [0.4, 0.5) is 0 Å². The summed E-state index contributed by atoms with van der Waals surface area (Å²) in [6, 6.07) is 6.75. The summed E-state index contributed by atoms with van der Waals surface area (Å²) < 4.78 is 1.22. The maximum absolute atomic E-state index is 3.59. The highest BCUT2D eigenvalue weighted by Gasteiger charge is 2.33. The fraction of sp³-hybridized carbons (Fsp3) is 0.538. The second kappa shape index (κ2) is 4.50. The summed E-state index contributed by atoms with van der Waals surface area (Å²) in [5.74, 6) is 1.27. The standard InChI is InChI=1S/C13H17BrS/c1-3-13(4-2)7-8-15-12-6-5-10(14)9-11(12)13/h5-6,9H,3-4,7-8H2,1-2H3. The Morgan fingerprint density at radius 2 is 2.07 bits per heavy atom. The van der Waals surface area contributed by atoms with Crippen molar-refractivity contribution in [2.45, 2.75) is 43.4 Å². The highest BCUT2D eigenvalue weighted by Crippen LogP contribution is 2.46. The summed E-state index contributed by atoms with van der Waals surface area (Å²) in [4.78, 5) is 1.49. The maximum atomic E-state index is 3.59. The van der Waals surface area contributed by atoms with Gasteiger partial charge in [-0.1, -0.05) is 29.8 Å². The average molecular weight is 285 g/mol. The van der Waals surface area contributed by atoms with Gasteiger partial charge in [0.15, 0.2) is 0 Å². The molecule has 1 aromatic carbocycles. The van der Waals surface area contributed by atoms with E-state index in [0.717, 1.165) is 0 Å². The van der Waals surface area contributed by atoms with E-state index in [1.807, 2.05) is 11.8 Å². The molecule has 0 fully saturated rings. The molecule has 0 atom stereocenters. The summed E-state index contributed by atoms with van der Waals surface area (Å²) in [6.07, 6.45) is 3.84. The Morgan fingerprint density at radius 1 is 1.33 bits per heavy atom. The van der Waals surface area contributed by atoms with Crippen molar-refractivity contribution < 1.29 is 0 Å². The molecular weight excluding hydrogens is 268 g/mol. The maximum Gasteiger partial charge on any atom is 0.0179 e. The SMILES string of the molecule is CCC1(CC)CCSc2ccc(Br)cc21.